The molecule has 0 aliphatic carbocycles. The molecule has 0 aromatic heterocycles. The third-order valence-corrected chi connectivity index (χ3v) is 3.38. The lowest BCUT2D eigenvalue weighted by atomic mass is 10.1. The van der Waals surface area contributed by atoms with E-state index in [4.69, 9.17) is 4.74 Å². The van der Waals surface area contributed by atoms with E-state index >= 15 is 0 Å². The fourth-order valence-corrected chi connectivity index (χ4v) is 2.14. The van der Waals surface area contributed by atoms with Crippen molar-refractivity contribution >= 4 is 12.1 Å². The molecule has 0 spiro atoms. The number of halogens is 2. The van der Waals surface area contributed by atoms with Crippen molar-refractivity contribution < 1.29 is 33.0 Å². The van der Waals surface area contributed by atoms with Crippen LogP contribution in [0, 0.1) is 0 Å². The van der Waals surface area contributed by atoms with Crippen molar-refractivity contribution in [2.75, 3.05) is 0 Å². The van der Waals surface area contributed by atoms with Gasteiger partial charge in [0.1, 0.15) is 12.4 Å². The van der Waals surface area contributed by atoms with Crippen LogP contribution in [0.1, 0.15) is 11.1 Å². The van der Waals surface area contributed by atoms with E-state index in [1.165, 1.54) is 24.3 Å². The number of carboxylic acids is 1. The van der Waals surface area contributed by atoms with Crippen LogP contribution >= 0.6 is 0 Å². The number of aliphatic carboxylic acids is 1. The number of nitrogens with one attached hydrogen (secondary N) is 1. The first-order valence-corrected chi connectivity index (χ1v) is 7.66. The third-order valence-electron chi connectivity index (χ3n) is 3.38. The smallest absolute Gasteiger partial charge is 0.408 e. The van der Waals surface area contributed by atoms with Gasteiger partial charge in [0, 0.05) is 0 Å². The summed E-state index contributed by atoms with van der Waals surface area (Å²) >= 11 is 0. The number of carboxylic acid groups (broad SMARTS) is 1. The largest absolute Gasteiger partial charge is 0.548 e. The van der Waals surface area contributed by atoms with Crippen LogP contribution in [0.15, 0.2) is 54.6 Å². The van der Waals surface area contributed by atoms with Crippen molar-refractivity contribution in [1.82, 2.24) is 5.32 Å². The Balaban J connectivity index is 1.89. The molecule has 0 fully saturated rings. The molecule has 0 heterocycles. The van der Waals surface area contributed by atoms with E-state index in [9.17, 15) is 23.5 Å². The van der Waals surface area contributed by atoms with Gasteiger partial charge in [0.25, 0.3) is 0 Å². The molecule has 1 atom stereocenters. The predicted octanol–water partition coefficient (Wildman–Crippen LogP) is 1.88. The number of hydrogen-bond donors (Lipinski definition) is 1. The number of ether oxygens (including phenoxy) is 2. The Labute approximate surface area is 148 Å². The molecule has 0 saturated carbocycles. The van der Waals surface area contributed by atoms with Crippen molar-refractivity contribution in [3.05, 3.63) is 65.7 Å². The molecular weight excluding hydrogens is 348 g/mol. The monoisotopic (exact) mass is 364 g/mol. The third kappa shape index (κ3) is 6.39. The van der Waals surface area contributed by atoms with Gasteiger partial charge in [-0.25, -0.2) is 4.79 Å². The van der Waals surface area contributed by atoms with E-state index in [0.29, 0.717) is 5.56 Å². The molecule has 0 unspecified atom stereocenters. The lowest BCUT2D eigenvalue weighted by Gasteiger charge is -2.19. The molecule has 1 amide bonds. The first kappa shape index (κ1) is 19.2. The Morgan fingerprint density at radius 3 is 2.23 bits per heavy atom. The fraction of sp³-hybridized carbons (Fsp3) is 0.222. The number of alkyl halides is 2. The molecule has 0 radical (unpaired) electrons. The zero-order valence-corrected chi connectivity index (χ0v) is 13.6. The molecule has 8 heteroatoms. The summed E-state index contributed by atoms with van der Waals surface area (Å²) in [7, 11) is 0. The topological polar surface area (TPSA) is 87.7 Å². The summed E-state index contributed by atoms with van der Waals surface area (Å²) in [5.41, 5.74) is 1.24. The number of hydrogen-bond acceptors (Lipinski definition) is 5. The standard InChI is InChI=1S/C18H17F2NO5/c19-17(20)26-14-8-6-12(7-9-14)10-15(16(22)23)21-18(24)25-11-13-4-2-1-3-5-13/h1-9,15,17H,10-11H2,(H,21,24)(H,22,23)/p-1/t15-/m1/s1. The highest BCUT2D eigenvalue weighted by Gasteiger charge is 2.15. The highest BCUT2D eigenvalue weighted by Crippen LogP contribution is 2.16. The molecule has 0 aliphatic heterocycles. The van der Waals surface area contributed by atoms with Crippen LogP contribution in [0.5, 0.6) is 5.75 Å². The van der Waals surface area contributed by atoms with Crippen molar-refractivity contribution in [1.29, 1.82) is 0 Å². The summed E-state index contributed by atoms with van der Waals surface area (Å²) in [5.74, 6) is -1.54. The number of carbonyl (C=O) groups is 2. The van der Waals surface area contributed by atoms with Crippen LogP contribution in [0.25, 0.3) is 0 Å². The number of amides is 1. The lowest BCUT2D eigenvalue weighted by molar-refractivity contribution is -0.308. The molecule has 2 rings (SSSR count). The van der Waals surface area contributed by atoms with E-state index in [-0.39, 0.29) is 18.8 Å². The van der Waals surface area contributed by atoms with Crippen LogP contribution in [-0.2, 0) is 22.6 Å². The summed E-state index contributed by atoms with van der Waals surface area (Å²) in [6.07, 6.45) is -1.00. The SMILES string of the molecule is O=C(N[C@H](Cc1ccc(OC(F)F)cc1)C(=O)[O-])OCc1ccccc1. The van der Waals surface area contributed by atoms with E-state index in [1.54, 1.807) is 24.3 Å². The van der Waals surface area contributed by atoms with Crippen LogP contribution in [0.2, 0.25) is 0 Å². The summed E-state index contributed by atoms with van der Waals surface area (Å²) in [4.78, 5) is 23.0. The minimum Gasteiger partial charge on any atom is -0.548 e. The molecule has 0 bridgehead atoms. The van der Waals surface area contributed by atoms with Gasteiger partial charge in [-0.2, -0.15) is 8.78 Å². The van der Waals surface area contributed by atoms with Gasteiger partial charge in [0.2, 0.25) is 0 Å². The summed E-state index contributed by atoms with van der Waals surface area (Å²) in [5, 5.41) is 13.4. The highest BCUT2D eigenvalue weighted by atomic mass is 19.3. The Morgan fingerprint density at radius 2 is 1.65 bits per heavy atom. The molecular formula is C18H16F2NO5-. The summed E-state index contributed by atoms with van der Waals surface area (Å²) in [6, 6.07) is 13.0. The van der Waals surface area contributed by atoms with Crippen molar-refractivity contribution in [2.45, 2.75) is 25.7 Å². The Bertz CT molecular complexity index is 722. The Kier molecular flexibility index (Phi) is 6.90. The van der Waals surface area contributed by atoms with E-state index < -0.39 is 24.7 Å². The average molecular weight is 364 g/mol. The number of rotatable bonds is 8. The fourth-order valence-electron chi connectivity index (χ4n) is 2.14. The van der Waals surface area contributed by atoms with E-state index in [2.05, 4.69) is 10.1 Å². The van der Waals surface area contributed by atoms with E-state index in [1.807, 2.05) is 6.07 Å². The number of carbonyl (C=O) groups excluding carboxylic acids is 2. The molecule has 138 valence electrons. The Morgan fingerprint density at radius 1 is 1.00 bits per heavy atom. The summed E-state index contributed by atoms with van der Waals surface area (Å²) < 4.78 is 33.4. The average Bonchev–Trinajstić information content (AvgIpc) is 2.61. The molecule has 1 N–H and O–H groups in total. The van der Waals surface area contributed by atoms with Crippen molar-refractivity contribution in [3.8, 4) is 5.75 Å². The number of benzene rings is 2. The predicted molar refractivity (Wildman–Crippen MR) is 85.3 cm³/mol. The molecule has 0 saturated heterocycles. The van der Waals surface area contributed by atoms with Gasteiger partial charge < -0.3 is 24.7 Å². The molecule has 6 nitrogen and oxygen atoms in total. The van der Waals surface area contributed by atoms with Gasteiger partial charge in [0.05, 0.1) is 12.0 Å². The first-order valence-electron chi connectivity index (χ1n) is 7.66. The van der Waals surface area contributed by atoms with Gasteiger partial charge >= 0.3 is 12.7 Å². The van der Waals surface area contributed by atoms with Crippen molar-refractivity contribution in [3.63, 3.8) is 0 Å². The van der Waals surface area contributed by atoms with Gasteiger partial charge in [-0.3, -0.25) is 0 Å². The number of alkyl carbamates (subject to hydrolysis) is 1. The van der Waals surface area contributed by atoms with Gasteiger partial charge in [-0.15, -0.1) is 0 Å². The van der Waals surface area contributed by atoms with Crippen LogP contribution in [0.4, 0.5) is 13.6 Å². The second kappa shape index (κ2) is 9.36. The Hall–Kier alpha value is -3.16. The molecule has 2 aromatic carbocycles. The minimum atomic E-state index is -2.95. The van der Waals surface area contributed by atoms with Gasteiger partial charge in [-0.1, -0.05) is 42.5 Å². The maximum Gasteiger partial charge on any atom is 0.408 e. The molecule has 2 aromatic rings. The minimum absolute atomic E-state index is 0.00783. The maximum atomic E-state index is 12.1. The van der Waals surface area contributed by atoms with Crippen LogP contribution in [0.3, 0.4) is 0 Å². The lowest BCUT2D eigenvalue weighted by Crippen LogP contribution is -2.49. The zero-order chi connectivity index (χ0) is 18.9. The van der Waals surface area contributed by atoms with Gasteiger partial charge in [0.15, 0.2) is 0 Å². The molecule has 0 aliphatic rings. The summed E-state index contributed by atoms with van der Waals surface area (Å²) in [6.45, 7) is -2.95. The second-order valence-electron chi connectivity index (χ2n) is 5.30. The van der Waals surface area contributed by atoms with Gasteiger partial charge in [-0.05, 0) is 29.7 Å². The highest BCUT2D eigenvalue weighted by molar-refractivity contribution is 5.78. The van der Waals surface area contributed by atoms with Crippen LogP contribution in [-0.4, -0.2) is 24.7 Å². The van der Waals surface area contributed by atoms with Crippen molar-refractivity contribution in [2.24, 2.45) is 0 Å². The van der Waals surface area contributed by atoms with E-state index in [0.717, 1.165) is 5.56 Å². The normalized spacial score (nSPS) is 11.7. The van der Waals surface area contributed by atoms with Crippen LogP contribution < -0.4 is 15.2 Å². The maximum absolute atomic E-state index is 12.1. The quantitative estimate of drug-likeness (QED) is 0.773. The zero-order valence-electron chi connectivity index (χ0n) is 13.6. The molecule has 26 heavy (non-hydrogen) atoms. The first-order chi connectivity index (χ1) is 12.4. The second-order valence-corrected chi connectivity index (χ2v) is 5.30.